The molecule has 6 nitrogen and oxygen atoms in total. The Morgan fingerprint density at radius 1 is 1.03 bits per heavy atom. The predicted molar refractivity (Wildman–Crippen MR) is 117 cm³/mol. The Kier molecular flexibility index (Phi) is 7.35. The molecule has 1 saturated carbocycles. The number of carbonyl (C=O) groups is 2. The normalized spacial score (nSPS) is 32.7. The maximum absolute atomic E-state index is 12.8. The number of hydrogen-bond acceptors (Lipinski definition) is 4. The highest BCUT2D eigenvalue weighted by Crippen LogP contribution is 2.42. The number of nitrogens with zero attached hydrogens (tertiary/aromatic N) is 2. The van der Waals surface area contributed by atoms with Gasteiger partial charge in [0.1, 0.15) is 0 Å². The number of amides is 2. The number of likely N-dealkylation sites (tertiary alicyclic amines) is 2. The van der Waals surface area contributed by atoms with Crippen LogP contribution in [0.25, 0.3) is 0 Å². The average molecular weight is 420 g/mol. The topological polar surface area (TPSA) is 61.9 Å². The standard InChI is InChI=1S/C24H41N3O3/c1-17(2)25-22(28)12-19-15-27(14-18-8-4-3-5-9-18)20-16-30-21(24(19)20)13-23(29)26-10-6-7-11-26/h17-21,24H,3-16H2,1-2H3,(H,25,28)/t19-,20-,21+,24-/m1/s1. The first-order valence-corrected chi connectivity index (χ1v) is 12.4. The van der Waals surface area contributed by atoms with Crippen LogP contribution in [0.1, 0.15) is 71.6 Å². The van der Waals surface area contributed by atoms with Gasteiger partial charge in [0.25, 0.3) is 0 Å². The summed E-state index contributed by atoms with van der Waals surface area (Å²) >= 11 is 0. The number of nitrogens with one attached hydrogen (secondary N) is 1. The van der Waals surface area contributed by atoms with Crippen LogP contribution in [0.4, 0.5) is 0 Å². The van der Waals surface area contributed by atoms with Gasteiger partial charge in [-0.05, 0) is 51.4 Å². The molecule has 3 saturated heterocycles. The lowest BCUT2D eigenvalue weighted by Crippen LogP contribution is -2.38. The minimum Gasteiger partial charge on any atom is -0.376 e. The SMILES string of the molecule is CC(C)NC(=O)C[C@@H]1CN(CC2CCCCC2)[C@@H]2CO[C@@H](CC(=O)N3CCCC3)[C@H]12. The molecule has 1 aliphatic carbocycles. The predicted octanol–water partition coefficient (Wildman–Crippen LogP) is 2.81. The van der Waals surface area contributed by atoms with Crippen molar-refractivity contribution in [3.63, 3.8) is 0 Å². The van der Waals surface area contributed by atoms with Crippen LogP contribution in [0.15, 0.2) is 0 Å². The molecule has 2 amide bonds. The van der Waals surface area contributed by atoms with Crippen molar-refractivity contribution < 1.29 is 14.3 Å². The molecular weight excluding hydrogens is 378 g/mol. The molecule has 4 rings (SSSR count). The fraction of sp³-hybridized carbons (Fsp3) is 0.917. The molecule has 4 fully saturated rings. The molecule has 4 aliphatic rings. The summed E-state index contributed by atoms with van der Waals surface area (Å²) in [5.41, 5.74) is 0. The molecule has 6 heteroatoms. The molecule has 0 bridgehead atoms. The van der Waals surface area contributed by atoms with Crippen molar-refractivity contribution in [2.24, 2.45) is 17.8 Å². The van der Waals surface area contributed by atoms with Gasteiger partial charge in [0.15, 0.2) is 0 Å². The van der Waals surface area contributed by atoms with E-state index in [9.17, 15) is 9.59 Å². The van der Waals surface area contributed by atoms with E-state index >= 15 is 0 Å². The van der Waals surface area contributed by atoms with Gasteiger partial charge in [0, 0.05) is 50.6 Å². The van der Waals surface area contributed by atoms with Crippen LogP contribution in [0.3, 0.4) is 0 Å². The molecule has 0 aromatic carbocycles. The van der Waals surface area contributed by atoms with E-state index in [1.807, 2.05) is 18.7 Å². The minimum atomic E-state index is -0.0312. The second kappa shape index (κ2) is 9.99. The van der Waals surface area contributed by atoms with Crippen molar-refractivity contribution in [1.29, 1.82) is 0 Å². The van der Waals surface area contributed by atoms with Gasteiger partial charge in [-0.3, -0.25) is 14.5 Å². The Hall–Kier alpha value is -1.14. The summed E-state index contributed by atoms with van der Waals surface area (Å²) in [6, 6.07) is 0.542. The first-order chi connectivity index (χ1) is 14.5. The first-order valence-electron chi connectivity index (χ1n) is 12.4. The Morgan fingerprint density at radius 2 is 1.77 bits per heavy atom. The maximum atomic E-state index is 12.8. The summed E-state index contributed by atoms with van der Waals surface area (Å²) in [7, 11) is 0. The fourth-order valence-corrected chi connectivity index (χ4v) is 6.41. The van der Waals surface area contributed by atoms with Crippen LogP contribution >= 0.6 is 0 Å². The van der Waals surface area contributed by atoms with Gasteiger partial charge in [0.2, 0.25) is 11.8 Å². The van der Waals surface area contributed by atoms with Crippen LogP contribution in [0, 0.1) is 17.8 Å². The summed E-state index contributed by atoms with van der Waals surface area (Å²) in [6.45, 7) is 8.66. The van der Waals surface area contributed by atoms with Gasteiger partial charge in [-0.15, -0.1) is 0 Å². The van der Waals surface area contributed by atoms with Crippen molar-refractivity contribution in [3.8, 4) is 0 Å². The molecule has 4 atom stereocenters. The molecule has 30 heavy (non-hydrogen) atoms. The molecule has 0 radical (unpaired) electrons. The zero-order chi connectivity index (χ0) is 21.1. The van der Waals surface area contributed by atoms with E-state index < -0.39 is 0 Å². The van der Waals surface area contributed by atoms with Crippen molar-refractivity contribution in [2.75, 3.05) is 32.8 Å². The van der Waals surface area contributed by atoms with E-state index in [0.29, 0.717) is 24.8 Å². The number of fused-ring (bicyclic) bond motifs is 1. The van der Waals surface area contributed by atoms with Gasteiger partial charge in [-0.1, -0.05) is 19.3 Å². The van der Waals surface area contributed by atoms with Crippen molar-refractivity contribution in [1.82, 2.24) is 15.1 Å². The smallest absolute Gasteiger partial charge is 0.225 e. The number of carbonyl (C=O) groups excluding carboxylic acids is 2. The molecule has 3 heterocycles. The van der Waals surface area contributed by atoms with Crippen molar-refractivity contribution >= 4 is 11.8 Å². The third kappa shape index (κ3) is 5.18. The molecule has 0 aromatic heterocycles. The van der Waals surface area contributed by atoms with Gasteiger partial charge in [0.05, 0.1) is 19.1 Å². The molecular formula is C24H41N3O3. The van der Waals surface area contributed by atoms with Crippen LogP contribution in [0.5, 0.6) is 0 Å². The summed E-state index contributed by atoms with van der Waals surface area (Å²) < 4.78 is 6.24. The second-order valence-corrected chi connectivity index (χ2v) is 10.5. The van der Waals surface area contributed by atoms with Crippen LogP contribution in [0.2, 0.25) is 0 Å². The molecule has 0 spiro atoms. The van der Waals surface area contributed by atoms with Crippen LogP contribution in [-0.4, -0.2) is 72.6 Å². The lowest BCUT2D eigenvalue weighted by Gasteiger charge is -2.30. The molecule has 0 unspecified atom stereocenters. The lowest BCUT2D eigenvalue weighted by molar-refractivity contribution is -0.133. The molecule has 170 valence electrons. The third-order valence-corrected chi connectivity index (χ3v) is 7.79. The van der Waals surface area contributed by atoms with E-state index in [1.54, 1.807) is 0 Å². The van der Waals surface area contributed by atoms with Crippen molar-refractivity contribution in [3.05, 3.63) is 0 Å². The van der Waals surface area contributed by atoms with Gasteiger partial charge < -0.3 is 15.0 Å². The molecule has 1 N–H and O–H groups in total. The van der Waals surface area contributed by atoms with Crippen LogP contribution < -0.4 is 5.32 Å². The maximum Gasteiger partial charge on any atom is 0.225 e. The number of rotatable bonds is 7. The third-order valence-electron chi connectivity index (χ3n) is 7.79. The van der Waals surface area contributed by atoms with E-state index in [0.717, 1.165) is 51.5 Å². The zero-order valence-corrected chi connectivity index (χ0v) is 19.0. The summed E-state index contributed by atoms with van der Waals surface area (Å²) in [5, 5.41) is 3.07. The Bertz CT molecular complexity index is 599. The number of hydrogen-bond donors (Lipinski definition) is 1. The zero-order valence-electron chi connectivity index (χ0n) is 19.0. The van der Waals surface area contributed by atoms with Crippen LogP contribution in [-0.2, 0) is 14.3 Å². The van der Waals surface area contributed by atoms with Gasteiger partial charge in [-0.2, -0.15) is 0 Å². The summed E-state index contributed by atoms with van der Waals surface area (Å²) in [4.78, 5) is 30.0. The Morgan fingerprint density at radius 3 is 2.47 bits per heavy atom. The minimum absolute atomic E-state index is 0.0312. The van der Waals surface area contributed by atoms with E-state index in [2.05, 4.69) is 10.2 Å². The largest absolute Gasteiger partial charge is 0.376 e. The fourth-order valence-electron chi connectivity index (χ4n) is 6.41. The molecule has 3 aliphatic heterocycles. The van der Waals surface area contributed by atoms with E-state index in [4.69, 9.17) is 4.74 Å². The van der Waals surface area contributed by atoms with E-state index in [1.165, 1.54) is 32.1 Å². The Balaban J connectivity index is 1.42. The average Bonchev–Trinajstić information content (AvgIpc) is 3.43. The molecule has 0 aromatic rings. The Labute approximate surface area is 182 Å². The quantitative estimate of drug-likeness (QED) is 0.689. The monoisotopic (exact) mass is 419 g/mol. The van der Waals surface area contributed by atoms with Crippen molar-refractivity contribution in [2.45, 2.75) is 89.8 Å². The second-order valence-electron chi connectivity index (χ2n) is 10.5. The van der Waals surface area contributed by atoms with Gasteiger partial charge >= 0.3 is 0 Å². The van der Waals surface area contributed by atoms with E-state index in [-0.39, 0.29) is 29.9 Å². The highest BCUT2D eigenvalue weighted by molar-refractivity contribution is 5.77. The number of ether oxygens (including phenoxy) is 1. The lowest BCUT2D eigenvalue weighted by atomic mass is 9.84. The highest BCUT2D eigenvalue weighted by atomic mass is 16.5. The highest BCUT2D eigenvalue weighted by Gasteiger charge is 2.51. The van der Waals surface area contributed by atoms with Gasteiger partial charge in [-0.25, -0.2) is 0 Å². The summed E-state index contributed by atoms with van der Waals surface area (Å²) in [6.07, 6.45) is 10.0. The first kappa shape index (κ1) is 22.1. The summed E-state index contributed by atoms with van der Waals surface area (Å²) in [5.74, 6) is 1.77.